The number of azo groups is 1. The van der Waals surface area contributed by atoms with Crippen molar-refractivity contribution in [2.24, 2.45) is 10.2 Å². The standard InChI is InChI=1S/C24H30N2O6Si/c1-8-31-23(28)21-22(27)16-13-19(29-3)20(30-4)14-18(16)24(26-25-21,32-33(5,6)7)17-12-10-9-11-15(17)2/h9-14,27H,8H2,1-7H3. The normalized spacial score (nSPS) is 17.9. The lowest BCUT2D eigenvalue weighted by Gasteiger charge is -2.37. The number of aliphatic hydroxyl groups is 1. The summed E-state index contributed by atoms with van der Waals surface area (Å²) in [6.07, 6.45) is 0. The van der Waals surface area contributed by atoms with Gasteiger partial charge in [0.15, 0.2) is 25.6 Å². The Morgan fingerprint density at radius 1 is 1.06 bits per heavy atom. The second-order valence-corrected chi connectivity index (χ2v) is 13.0. The summed E-state index contributed by atoms with van der Waals surface area (Å²) in [5, 5.41) is 20.0. The van der Waals surface area contributed by atoms with Crippen LogP contribution in [0.1, 0.15) is 29.2 Å². The van der Waals surface area contributed by atoms with Crippen LogP contribution in [0.4, 0.5) is 0 Å². The Hall–Kier alpha value is -3.17. The van der Waals surface area contributed by atoms with Crippen LogP contribution in [0.2, 0.25) is 19.6 Å². The van der Waals surface area contributed by atoms with E-state index in [9.17, 15) is 9.90 Å². The maximum Gasteiger partial charge on any atom is 0.362 e. The first-order chi connectivity index (χ1) is 15.6. The summed E-state index contributed by atoms with van der Waals surface area (Å²) in [5.74, 6) is -0.355. The van der Waals surface area contributed by atoms with E-state index in [2.05, 4.69) is 10.2 Å². The van der Waals surface area contributed by atoms with E-state index in [0.717, 1.165) is 11.1 Å². The SMILES string of the molecule is CCOC(=O)C1=C(O)c2cc(OC)c(OC)cc2C(O[Si](C)(C)C)(c2ccccc2C)N=N1. The zero-order valence-electron chi connectivity index (χ0n) is 20.1. The summed E-state index contributed by atoms with van der Waals surface area (Å²) < 4.78 is 22.9. The molecular formula is C24H30N2O6Si. The minimum absolute atomic E-state index is 0.123. The Labute approximate surface area is 195 Å². The molecule has 1 N–H and O–H groups in total. The number of hydrogen-bond donors (Lipinski definition) is 1. The average Bonchev–Trinajstić information content (AvgIpc) is 2.87. The highest BCUT2D eigenvalue weighted by molar-refractivity contribution is 6.69. The number of aliphatic hydroxyl groups excluding tert-OH is 1. The van der Waals surface area contributed by atoms with E-state index in [4.69, 9.17) is 18.6 Å². The van der Waals surface area contributed by atoms with Crippen molar-refractivity contribution in [3.63, 3.8) is 0 Å². The maximum atomic E-state index is 12.7. The van der Waals surface area contributed by atoms with Crippen molar-refractivity contribution in [2.45, 2.75) is 39.2 Å². The predicted molar refractivity (Wildman–Crippen MR) is 127 cm³/mol. The third kappa shape index (κ3) is 4.65. The molecule has 0 radical (unpaired) electrons. The molecule has 0 aromatic heterocycles. The van der Waals surface area contributed by atoms with E-state index in [1.807, 2.05) is 50.8 Å². The number of methoxy groups -OCH3 is 2. The molecule has 1 heterocycles. The molecule has 1 aliphatic heterocycles. The number of carbonyl (C=O) groups excluding carboxylic acids is 1. The van der Waals surface area contributed by atoms with Gasteiger partial charge in [0.25, 0.3) is 0 Å². The van der Waals surface area contributed by atoms with E-state index in [0.29, 0.717) is 22.6 Å². The second kappa shape index (κ2) is 9.36. The highest BCUT2D eigenvalue weighted by atomic mass is 28.4. The number of fused-ring (bicyclic) bond motifs is 1. The Morgan fingerprint density at radius 2 is 1.70 bits per heavy atom. The molecule has 0 spiro atoms. The van der Waals surface area contributed by atoms with E-state index in [-0.39, 0.29) is 18.1 Å². The Bertz CT molecular complexity index is 1120. The number of ether oxygens (including phenoxy) is 3. The van der Waals surface area contributed by atoms with Gasteiger partial charge < -0.3 is 23.7 Å². The molecule has 0 amide bonds. The van der Waals surface area contributed by atoms with E-state index >= 15 is 0 Å². The number of hydrogen-bond acceptors (Lipinski definition) is 8. The fraction of sp³-hybridized carbons (Fsp3) is 0.375. The molecule has 33 heavy (non-hydrogen) atoms. The van der Waals surface area contributed by atoms with Crippen LogP contribution in [0.25, 0.3) is 5.76 Å². The first kappa shape index (κ1) is 24.5. The van der Waals surface area contributed by atoms with Crippen molar-refractivity contribution < 1.29 is 28.5 Å². The molecule has 176 valence electrons. The number of aryl methyl sites for hydroxylation is 1. The second-order valence-electron chi connectivity index (χ2n) is 8.54. The molecule has 1 atom stereocenters. The van der Waals surface area contributed by atoms with Crippen LogP contribution >= 0.6 is 0 Å². The van der Waals surface area contributed by atoms with Crippen LogP contribution < -0.4 is 9.47 Å². The monoisotopic (exact) mass is 470 g/mol. The highest BCUT2D eigenvalue weighted by Gasteiger charge is 2.46. The molecule has 1 unspecified atom stereocenters. The third-order valence-electron chi connectivity index (χ3n) is 5.09. The van der Waals surface area contributed by atoms with Gasteiger partial charge in [-0.05, 0) is 51.2 Å². The summed E-state index contributed by atoms with van der Waals surface area (Å²) in [4.78, 5) is 12.7. The summed E-state index contributed by atoms with van der Waals surface area (Å²) >= 11 is 0. The lowest BCUT2D eigenvalue weighted by molar-refractivity contribution is -0.138. The zero-order chi connectivity index (χ0) is 24.4. The van der Waals surface area contributed by atoms with Crippen molar-refractivity contribution in [3.8, 4) is 11.5 Å². The van der Waals surface area contributed by atoms with Gasteiger partial charge in [0.1, 0.15) is 0 Å². The molecule has 3 rings (SSSR count). The van der Waals surface area contributed by atoms with Crippen LogP contribution in [-0.4, -0.2) is 40.2 Å². The highest BCUT2D eigenvalue weighted by Crippen LogP contribution is 2.48. The van der Waals surface area contributed by atoms with Gasteiger partial charge in [-0.1, -0.05) is 24.3 Å². The Balaban J connectivity index is 2.48. The van der Waals surface area contributed by atoms with Crippen LogP contribution in [0.3, 0.4) is 0 Å². The molecule has 2 aromatic rings. The van der Waals surface area contributed by atoms with Gasteiger partial charge in [0, 0.05) is 16.7 Å². The molecule has 2 aromatic carbocycles. The molecule has 0 saturated carbocycles. The molecule has 9 heteroatoms. The number of carbonyl (C=O) groups is 1. The largest absolute Gasteiger partial charge is 0.505 e. The van der Waals surface area contributed by atoms with E-state index in [1.165, 1.54) is 14.2 Å². The number of nitrogens with zero attached hydrogens (tertiary/aromatic N) is 2. The molecule has 8 nitrogen and oxygen atoms in total. The van der Waals surface area contributed by atoms with Crippen molar-refractivity contribution in [1.82, 2.24) is 0 Å². The molecule has 0 bridgehead atoms. The third-order valence-corrected chi connectivity index (χ3v) is 6.00. The van der Waals surface area contributed by atoms with Crippen LogP contribution in [-0.2, 0) is 19.7 Å². The number of benzene rings is 2. The lowest BCUT2D eigenvalue weighted by atomic mass is 9.87. The van der Waals surface area contributed by atoms with Gasteiger partial charge >= 0.3 is 5.97 Å². The predicted octanol–water partition coefficient (Wildman–Crippen LogP) is 5.32. The molecule has 1 aliphatic rings. The zero-order valence-corrected chi connectivity index (χ0v) is 21.1. The fourth-order valence-corrected chi connectivity index (χ4v) is 4.91. The van der Waals surface area contributed by atoms with Crippen LogP contribution in [0, 0.1) is 6.92 Å². The van der Waals surface area contributed by atoms with E-state index in [1.54, 1.807) is 19.1 Å². The van der Waals surface area contributed by atoms with Crippen molar-refractivity contribution >= 4 is 20.0 Å². The maximum absolute atomic E-state index is 12.7. The van der Waals surface area contributed by atoms with Crippen LogP contribution in [0.5, 0.6) is 11.5 Å². The quantitative estimate of drug-likeness (QED) is 0.434. The van der Waals surface area contributed by atoms with Gasteiger partial charge in [-0.15, -0.1) is 10.2 Å². The fourth-order valence-electron chi connectivity index (χ4n) is 3.77. The van der Waals surface area contributed by atoms with Gasteiger partial charge in [0.05, 0.1) is 20.8 Å². The summed E-state index contributed by atoms with van der Waals surface area (Å²) in [6, 6.07) is 11.0. The first-order valence-electron chi connectivity index (χ1n) is 10.6. The van der Waals surface area contributed by atoms with Crippen molar-refractivity contribution in [1.29, 1.82) is 0 Å². The Kier molecular flexibility index (Phi) is 6.94. The van der Waals surface area contributed by atoms with Crippen LogP contribution in [0.15, 0.2) is 52.3 Å². The minimum atomic E-state index is -2.29. The van der Waals surface area contributed by atoms with Crippen molar-refractivity contribution in [2.75, 3.05) is 20.8 Å². The Morgan fingerprint density at radius 3 is 2.27 bits per heavy atom. The molecule has 0 saturated heterocycles. The van der Waals surface area contributed by atoms with Gasteiger partial charge in [-0.2, -0.15) is 0 Å². The number of rotatable bonds is 7. The topological polar surface area (TPSA) is 98.9 Å². The molecular weight excluding hydrogens is 440 g/mol. The average molecular weight is 471 g/mol. The molecule has 0 fully saturated rings. The summed E-state index contributed by atoms with van der Waals surface area (Å²) in [7, 11) is 0.729. The van der Waals surface area contributed by atoms with Crippen molar-refractivity contribution in [3.05, 3.63) is 64.3 Å². The molecule has 0 aliphatic carbocycles. The lowest BCUT2D eigenvalue weighted by Crippen LogP contribution is -2.41. The van der Waals surface area contributed by atoms with Gasteiger partial charge in [0.2, 0.25) is 11.4 Å². The summed E-state index contributed by atoms with van der Waals surface area (Å²) in [6.45, 7) is 9.86. The van der Waals surface area contributed by atoms with Gasteiger partial charge in [-0.3, -0.25) is 0 Å². The van der Waals surface area contributed by atoms with E-state index < -0.39 is 20.0 Å². The smallest absolute Gasteiger partial charge is 0.362 e. The summed E-state index contributed by atoms with van der Waals surface area (Å²) in [5.41, 5.74) is 0.684. The van der Waals surface area contributed by atoms with Gasteiger partial charge in [-0.25, -0.2) is 4.79 Å². The first-order valence-corrected chi connectivity index (χ1v) is 14.0. The minimum Gasteiger partial charge on any atom is -0.505 e. The number of esters is 1.